The van der Waals surface area contributed by atoms with E-state index >= 15 is 0 Å². The van der Waals surface area contributed by atoms with Gasteiger partial charge in [-0.05, 0) is 54.9 Å². The number of rotatable bonds is 8. The number of benzene rings is 2. The van der Waals surface area contributed by atoms with Gasteiger partial charge in [-0.3, -0.25) is 0 Å². The molecule has 2 saturated heterocycles. The largest absolute Gasteiger partial charge is 0.497 e. The summed E-state index contributed by atoms with van der Waals surface area (Å²) < 4.78 is 37.3. The average Bonchev–Trinajstić information content (AvgIpc) is 3.59. The molecule has 0 saturated carbocycles. The van der Waals surface area contributed by atoms with Gasteiger partial charge in [0.25, 0.3) is 0 Å². The highest BCUT2D eigenvalue weighted by Crippen LogP contribution is 2.38. The van der Waals surface area contributed by atoms with Gasteiger partial charge in [0.1, 0.15) is 10.6 Å². The minimum absolute atomic E-state index is 0.0555. The lowest BCUT2D eigenvalue weighted by atomic mass is 9.89. The van der Waals surface area contributed by atoms with E-state index in [1.165, 1.54) is 5.56 Å². The van der Waals surface area contributed by atoms with Crippen LogP contribution in [0.2, 0.25) is 0 Å². The lowest BCUT2D eigenvalue weighted by molar-refractivity contribution is 0.0624. The highest BCUT2D eigenvalue weighted by molar-refractivity contribution is 7.91. The number of anilines is 2. The number of aromatic nitrogens is 2. The fourth-order valence-electron chi connectivity index (χ4n) is 6.11. The van der Waals surface area contributed by atoms with Gasteiger partial charge in [-0.25, -0.2) is 13.4 Å². The van der Waals surface area contributed by atoms with Crippen LogP contribution in [-0.2, 0) is 21.0 Å². The minimum atomic E-state index is -3.44. The Morgan fingerprint density at radius 1 is 1.08 bits per heavy atom. The molecule has 9 heteroatoms. The molecule has 2 unspecified atom stereocenters. The predicted molar refractivity (Wildman–Crippen MR) is 151 cm³/mol. The third-order valence-corrected chi connectivity index (χ3v) is 10.1. The Kier molecular flexibility index (Phi) is 7.44. The SMILES string of the molecule is COc1cccc(C2CCN(c3nc4c(c(NC(CC5CCOCC5)c5ccccc5)n3)S(=O)(=O)CC4)C2)c1. The molecule has 6 rings (SSSR count). The van der Waals surface area contributed by atoms with E-state index in [9.17, 15) is 8.42 Å². The monoisotopic (exact) mass is 548 g/mol. The summed E-state index contributed by atoms with van der Waals surface area (Å²) in [5.41, 5.74) is 3.00. The fourth-order valence-corrected chi connectivity index (χ4v) is 7.68. The number of nitrogens with zero attached hydrogens (tertiary/aromatic N) is 3. The molecular weight excluding hydrogens is 512 g/mol. The third kappa shape index (κ3) is 5.61. The summed E-state index contributed by atoms with van der Waals surface area (Å²) in [7, 11) is -1.75. The summed E-state index contributed by atoms with van der Waals surface area (Å²) >= 11 is 0. The van der Waals surface area contributed by atoms with Crippen LogP contribution >= 0.6 is 0 Å². The molecule has 2 aromatic carbocycles. The Hall–Kier alpha value is -3.17. The molecule has 2 fully saturated rings. The number of nitrogens with one attached hydrogen (secondary N) is 1. The highest BCUT2D eigenvalue weighted by Gasteiger charge is 2.36. The van der Waals surface area contributed by atoms with Crippen LogP contribution in [0.1, 0.15) is 54.5 Å². The first kappa shape index (κ1) is 26.1. The van der Waals surface area contributed by atoms with Gasteiger partial charge in [-0.15, -0.1) is 0 Å². The van der Waals surface area contributed by atoms with Gasteiger partial charge in [0.05, 0.1) is 24.6 Å². The van der Waals surface area contributed by atoms with Gasteiger partial charge in [0, 0.05) is 38.6 Å². The molecule has 39 heavy (non-hydrogen) atoms. The standard InChI is InChI=1S/C30H36N4O4S/c1-37-25-9-5-8-23(19-25)24-10-14-34(20-24)30-32-26-13-17-39(35,36)28(26)29(33-30)31-27(22-6-3-2-4-7-22)18-21-11-15-38-16-12-21/h2-9,19,21,24,27H,10-18,20H2,1H3,(H,31,32,33). The van der Waals surface area contributed by atoms with Crippen molar-refractivity contribution in [3.8, 4) is 5.75 Å². The topological polar surface area (TPSA) is 93.7 Å². The van der Waals surface area contributed by atoms with Crippen molar-refractivity contribution in [3.05, 3.63) is 71.4 Å². The summed E-state index contributed by atoms with van der Waals surface area (Å²) in [5, 5.41) is 3.61. The molecular formula is C30H36N4O4S. The zero-order valence-electron chi connectivity index (χ0n) is 22.4. The van der Waals surface area contributed by atoms with E-state index in [-0.39, 0.29) is 16.7 Å². The van der Waals surface area contributed by atoms with Gasteiger partial charge in [-0.1, -0.05) is 42.5 Å². The van der Waals surface area contributed by atoms with E-state index in [1.807, 2.05) is 30.3 Å². The number of hydrogen-bond acceptors (Lipinski definition) is 8. The molecule has 0 aliphatic carbocycles. The molecule has 3 aliphatic heterocycles. The van der Waals surface area contributed by atoms with Crippen molar-refractivity contribution in [2.75, 3.05) is 49.4 Å². The molecule has 4 heterocycles. The van der Waals surface area contributed by atoms with Gasteiger partial charge in [-0.2, -0.15) is 4.98 Å². The lowest BCUT2D eigenvalue weighted by Crippen LogP contribution is -2.25. The van der Waals surface area contributed by atoms with Crippen molar-refractivity contribution in [1.82, 2.24) is 9.97 Å². The molecule has 0 amide bonds. The zero-order valence-corrected chi connectivity index (χ0v) is 23.2. The molecule has 2 atom stereocenters. The van der Waals surface area contributed by atoms with Crippen LogP contribution in [0.3, 0.4) is 0 Å². The third-order valence-electron chi connectivity index (χ3n) is 8.30. The van der Waals surface area contributed by atoms with Gasteiger partial charge < -0.3 is 19.7 Å². The minimum Gasteiger partial charge on any atom is -0.497 e. The van der Waals surface area contributed by atoms with Crippen LogP contribution < -0.4 is 15.0 Å². The number of aryl methyl sites for hydroxylation is 1. The smallest absolute Gasteiger partial charge is 0.227 e. The van der Waals surface area contributed by atoms with E-state index in [2.05, 4.69) is 34.5 Å². The average molecular weight is 549 g/mol. The second-order valence-corrected chi connectivity index (χ2v) is 12.9. The van der Waals surface area contributed by atoms with Gasteiger partial charge in [0.15, 0.2) is 15.7 Å². The number of fused-ring (bicyclic) bond motifs is 1. The lowest BCUT2D eigenvalue weighted by Gasteiger charge is -2.29. The normalized spacial score (nSPS) is 21.5. The quantitative estimate of drug-likeness (QED) is 0.430. The fraction of sp³-hybridized carbons (Fsp3) is 0.467. The summed E-state index contributed by atoms with van der Waals surface area (Å²) in [4.78, 5) is 12.2. The first-order chi connectivity index (χ1) is 19.0. The van der Waals surface area contributed by atoms with E-state index in [0.717, 1.165) is 63.3 Å². The Balaban J connectivity index is 1.31. The molecule has 1 aromatic heterocycles. The number of sulfone groups is 1. The second-order valence-electron chi connectivity index (χ2n) is 10.8. The molecule has 0 bridgehead atoms. The van der Waals surface area contributed by atoms with Crippen molar-refractivity contribution in [2.24, 2.45) is 5.92 Å². The van der Waals surface area contributed by atoms with Crippen LogP contribution in [0.4, 0.5) is 11.8 Å². The maximum Gasteiger partial charge on any atom is 0.227 e. The van der Waals surface area contributed by atoms with E-state index in [0.29, 0.717) is 35.7 Å². The summed E-state index contributed by atoms with van der Waals surface area (Å²) in [6.07, 6.45) is 4.31. The molecule has 0 spiro atoms. The highest BCUT2D eigenvalue weighted by atomic mass is 32.2. The molecule has 206 valence electrons. The molecule has 0 radical (unpaired) electrons. The maximum atomic E-state index is 13.1. The Bertz CT molecular complexity index is 1410. The Morgan fingerprint density at radius 3 is 2.69 bits per heavy atom. The van der Waals surface area contributed by atoms with Crippen LogP contribution in [0.15, 0.2) is 59.5 Å². The Morgan fingerprint density at radius 2 is 1.90 bits per heavy atom. The van der Waals surface area contributed by atoms with Crippen LogP contribution in [0.25, 0.3) is 0 Å². The van der Waals surface area contributed by atoms with Gasteiger partial charge >= 0.3 is 0 Å². The second kappa shape index (κ2) is 11.1. The number of ether oxygens (including phenoxy) is 2. The van der Waals surface area contributed by atoms with Crippen molar-refractivity contribution in [2.45, 2.75) is 49.0 Å². The molecule has 3 aliphatic rings. The van der Waals surface area contributed by atoms with Crippen molar-refractivity contribution >= 4 is 21.6 Å². The zero-order chi connectivity index (χ0) is 26.8. The van der Waals surface area contributed by atoms with Crippen molar-refractivity contribution in [3.63, 3.8) is 0 Å². The molecule has 1 N–H and O–H groups in total. The molecule has 8 nitrogen and oxygen atoms in total. The van der Waals surface area contributed by atoms with Gasteiger partial charge in [0.2, 0.25) is 5.95 Å². The number of hydrogen-bond donors (Lipinski definition) is 1. The van der Waals surface area contributed by atoms with Crippen LogP contribution in [0.5, 0.6) is 5.75 Å². The van der Waals surface area contributed by atoms with Crippen molar-refractivity contribution in [1.29, 1.82) is 0 Å². The van der Waals surface area contributed by atoms with E-state index in [4.69, 9.17) is 19.4 Å². The molecule has 3 aromatic rings. The summed E-state index contributed by atoms with van der Waals surface area (Å²) in [5.74, 6) is 2.83. The number of methoxy groups -OCH3 is 1. The van der Waals surface area contributed by atoms with E-state index < -0.39 is 9.84 Å². The maximum absolute atomic E-state index is 13.1. The summed E-state index contributed by atoms with van der Waals surface area (Å²) in [6.45, 7) is 3.15. The van der Waals surface area contributed by atoms with Crippen molar-refractivity contribution < 1.29 is 17.9 Å². The summed E-state index contributed by atoms with van der Waals surface area (Å²) in [6, 6.07) is 18.4. The van der Waals surface area contributed by atoms with Crippen LogP contribution in [-0.4, -0.2) is 57.6 Å². The first-order valence-corrected chi connectivity index (χ1v) is 15.6. The first-order valence-electron chi connectivity index (χ1n) is 13.9. The predicted octanol–water partition coefficient (Wildman–Crippen LogP) is 4.78. The van der Waals surface area contributed by atoms with E-state index in [1.54, 1.807) is 7.11 Å². The van der Waals surface area contributed by atoms with Crippen LogP contribution in [0, 0.1) is 5.92 Å². The Labute approximate surface area is 230 Å².